The average Bonchev–Trinajstić information content (AvgIpc) is 2.59. The first-order valence-electron chi connectivity index (χ1n) is 7.42. The maximum atomic E-state index is 9.87. The van der Waals surface area contributed by atoms with Crippen LogP contribution in [0.5, 0.6) is 11.5 Å². The van der Waals surface area contributed by atoms with E-state index in [1.165, 1.54) is 7.11 Å². The van der Waals surface area contributed by atoms with E-state index in [9.17, 15) is 5.11 Å². The summed E-state index contributed by atoms with van der Waals surface area (Å²) in [4.78, 5) is 0. The van der Waals surface area contributed by atoms with E-state index < -0.39 is 6.29 Å². The summed E-state index contributed by atoms with van der Waals surface area (Å²) < 4.78 is 16.3. The highest BCUT2D eigenvalue weighted by molar-refractivity contribution is 5.39. The Morgan fingerprint density at radius 1 is 1.04 bits per heavy atom. The second-order valence-corrected chi connectivity index (χ2v) is 5.21. The predicted molar refractivity (Wildman–Crippen MR) is 86.4 cm³/mol. The van der Waals surface area contributed by atoms with Crippen LogP contribution in [0.25, 0.3) is 0 Å². The standard InChI is InChI=1S/C18H22O5/c1-13(11-19)23-17-9-15(18(20)21-2)8-16(10-17)22-12-14-6-4-3-5-7-14/h3-10,13,18-20H,11-12H2,1-2H3. The van der Waals surface area contributed by atoms with Gasteiger partial charge >= 0.3 is 0 Å². The van der Waals surface area contributed by atoms with Gasteiger partial charge in [-0.25, -0.2) is 0 Å². The molecule has 2 aromatic carbocycles. The minimum Gasteiger partial charge on any atom is -0.489 e. The smallest absolute Gasteiger partial charge is 0.181 e. The van der Waals surface area contributed by atoms with Crippen molar-refractivity contribution in [3.63, 3.8) is 0 Å². The van der Waals surface area contributed by atoms with Crippen LogP contribution in [0.1, 0.15) is 24.3 Å². The van der Waals surface area contributed by atoms with Crippen LogP contribution in [-0.4, -0.2) is 30.0 Å². The molecule has 5 nitrogen and oxygen atoms in total. The number of benzene rings is 2. The fourth-order valence-corrected chi connectivity index (χ4v) is 2.03. The molecule has 0 saturated carbocycles. The molecular weight excluding hydrogens is 296 g/mol. The van der Waals surface area contributed by atoms with Gasteiger partial charge in [-0.15, -0.1) is 0 Å². The molecule has 124 valence electrons. The number of hydrogen-bond acceptors (Lipinski definition) is 5. The maximum absolute atomic E-state index is 9.87. The molecule has 0 aliphatic heterocycles. The van der Waals surface area contributed by atoms with Gasteiger partial charge in [0.25, 0.3) is 0 Å². The van der Waals surface area contributed by atoms with E-state index >= 15 is 0 Å². The number of hydrogen-bond donors (Lipinski definition) is 2. The van der Waals surface area contributed by atoms with Gasteiger partial charge in [0.1, 0.15) is 24.2 Å². The lowest BCUT2D eigenvalue weighted by Gasteiger charge is -2.17. The maximum Gasteiger partial charge on any atom is 0.181 e. The summed E-state index contributed by atoms with van der Waals surface area (Å²) in [6.07, 6.45) is -1.42. The van der Waals surface area contributed by atoms with Crippen LogP contribution < -0.4 is 9.47 Å². The molecule has 0 spiro atoms. The molecule has 2 N–H and O–H groups in total. The molecule has 2 atom stereocenters. The first-order valence-corrected chi connectivity index (χ1v) is 7.42. The molecule has 23 heavy (non-hydrogen) atoms. The van der Waals surface area contributed by atoms with Crippen molar-refractivity contribution in [2.45, 2.75) is 25.9 Å². The van der Waals surface area contributed by atoms with Crippen molar-refractivity contribution in [2.24, 2.45) is 0 Å². The third-order valence-corrected chi connectivity index (χ3v) is 3.25. The summed E-state index contributed by atoms with van der Waals surface area (Å²) in [5, 5.41) is 19.0. The monoisotopic (exact) mass is 318 g/mol. The van der Waals surface area contributed by atoms with Gasteiger partial charge in [0.15, 0.2) is 6.29 Å². The summed E-state index contributed by atoms with van der Waals surface area (Å²) in [5.74, 6) is 1.06. The van der Waals surface area contributed by atoms with Crippen LogP contribution in [0.2, 0.25) is 0 Å². The number of methoxy groups -OCH3 is 1. The predicted octanol–water partition coefficient (Wildman–Crippen LogP) is 2.66. The number of aliphatic hydroxyl groups is 2. The highest BCUT2D eigenvalue weighted by Crippen LogP contribution is 2.28. The van der Waals surface area contributed by atoms with Gasteiger partial charge in [-0.2, -0.15) is 0 Å². The van der Waals surface area contributed by atoms with Crippen LogP contribution in [0.4, 0.5) is 0 Å². The van der Waals surface area contributed by atoms with Crippen LogP contribution >= 0.6 is 0 Å². The lowest BCUT2D eigenvalue weighted by Crippen LogP contribution is -2.16. The van der Waals surface area contributed by atoms with E-state index in [0.29, 0.717) is 23.7 Å². The third-order valence-electron chi connectivity index (χ3n) is 3.25. The topological polar surface area (TPSA) is 68.2 Å². The summed E-state index contributed by atoms with van der Waals surface area (Å²) in [7, 11) is 1.42. The minimum atomic E-state index is -1.07. The zero-order valence-corrected chi connectivity index (χ0v) is 13.3. The molecule has 0 heterocycles. The highest BCUT2D eigenvalue weighted by atomic mass is 16.6. The molecule has 2 unspecified atom stereocenters. The molecule has 0 amide bonds. The summed E-state index contributed by atoms with van der Waals surface area (Å²) >= 11 is 0. The van der Waals surface area contributed by atoms with Gasteiger partial charge in [0.2, 0.25) is 0 Å². The Morgan fingerprint density at radius 3 is 2.39 bits per heavy atom. The van der Waals surface area contributed by atoms with E-state index in [0.717, 1.165) is 5.56 Å². The van der Waals surface area contributed by atoms with Crippen LogP contribution in [0.15, 0.2) is 48.5 Å². The molecule has 2 rings (SSSR count). The van der Waals surface area contributed by atoms with Crippen molar-refractivity contribution in [3.05, 3.63) is 59.7 Å². The SMILES string of the molecule is COC(O)c1cc(OCc2ccccc2)cc(OC(C)CO)c1. The average molecular weight is 318 g/mol. The van der Waals surface area contributed by atoms with Gasteiger partial charge in [-0.1, -0.05) is 30.3 Å². The highest BCUT2D eigenvalue weighted by Gasteiger charge is 2.12. The van der Waals surface area contributed by atoms with E-state index in [-0.39, 0.29) is 12.7 Å². The normalized spacial score (nSPS) is 13.4. The molecule has 0 saturated heterocycles. The Labute approximate surface area is 136 Å². The summed E-state index contributed by atoms with van der Waals surface area (Å²) in [5.41, 5.74) is 1.56. The first-order chi connectivity index (χ1) is 11.1. The van der Waals surface area contributed by atoms with Gasteiger partial charge in [0, 0.05) is 18.7 Å². The van der Waals surface area contributed by atoms with E-state index in [4.69, 9.17) is 19.3 Å². The second kappa shape index (κ2) is 8.53. The molecule has 0 bridgehead atoms. The summed E-state index contributed by atoms with van der Waals surface area (Å²) in [6, 6.07) is 14.9. The van der Waals surface area contributed by atoms with Crippen molar-refractivity contribution in [3.8, 4) is 11.5 Å². The van der Waals surface area contributed by atoms with Crippen molar-refractivity contribution >= 4 is 0 Å². The van der Waals surface area contributed by atoms with Crippen molar-refractivity contribution < 1.29 is 24.4 Å². The van der Waals surface area contributed by atoms with E-state index in [2.05, 4.69) is 0 Å². The largest absolute Gasteiger partial charge is 0.489 e. The first kappa shape index (κ1) is 17.3. The molecule has 2 aromatic rings. The molecule has 5 heteroatoms. The lowest BCUT2D eigenvalue weighted by molar-refractivity contribution is -0.0772. The molecular formula is C18H22O5. The third kappa shape index (κ3) is 5.25. The number of ether oxygens (including phenoxy) is 3. The van der Waals surface area contributed by atoms with Gasteiger partial charge < -0.3 is 24.4 Å². The van der Waals surface area contributed by atoms with Gasteiger partial charge in [-0.05, 0) is 24.6 Å². The number of rotatable bonds is 8. The lowest BCUT2D eigenvalue weighted by atomic mass is 10.2. The Balaban J connectivity index is 2.17. The molecule has 0 aromatic heterocycles. The molecule has 0 aliphatic carbocycles. The van der Waals surface area contributed by atoms with Gasteiger partial charge in [-0.3, -0.25) is 0 Å². The van der Waals surface area contributed by atoms with Crippen molar-refractivity contribution in [1.82, 2.24) is 0 Å². The van der Waals surface area contributed by atoms with Crippen LogP contribution in [0, 0.1) is 0 Å². The zero-order valence-electron chi connectivity index (χ0n) is 13.3. The summed E-state index contributed by atoms with van der Waals surface area (Å²) in [6.45, 7) is 2.06. The fourth-order valence-electron chi connectivity index (χ4n) is 2.03. The molecule has 0 radical (unpaired) electrons. The second-order valence-electron chi connectivity index (χ2n) is 5.21. The Morgan fingerprint density at radius 2 is 1.74 bits per heavy atom. The Bertz CT molecular complexity index is 600. The quantitative estimate of drug-likeness (QED) is 0.732. The minimum absolute atomic E-state index is 0.0999. The van der Waals surface area contributed by atoms with Crippen molar-refractivity contribution in [2.75, 3.05) is 13.7 Å². The Hall–Kier alpha value is -2.08. The van der Waals surface area contributed by atoms with Crippen molar-refractivity contribution in [1.29, 1.82) is 0 Å². The number of aliphatic hydroxyl groups excluding tert-OH is 2. The van der Waals surface area contributed by atoms with Crippen LogP contribution in [-0.2, 0) is 11.3 Å². The van der Waals surface area contributed by atoms with Gasteiger partial charge in [0.05, 0.1) is 6.61 Å². The Kier molecular flexibility index (Phi) is 6.40. The fraction of sp³-hybridized carbons (Fsp3) is 0.333. The van der Waals surface area contributed by atoms with E-state index in [1.807, 2.05) is 30.3 Å². The zero-order chi connectivity index (χ0) is 16.7. The molecule has 0 fully saturated rings. The van der Waals surface area contributed by atoms with Crippen LogP contribution in [0.3, 0.4) is 0 Å². The van der Waals surface area contributed by atoms with E-state index in [1.54, 1.807) is 25.1 Å². The molecule has 0 aliphatic rings.